The van der Waals surface area contributed by atoms with Crippen LogP contribution in [-0.4, -0.2) is 96.7 Å². The Kier molecular flexibility index (Phi) is 71.2. The van der Waals surface area contributed by atoms with Crippen LogP contribution in [0.2, 0.25) is 0 Å². The minimum absolute atomic E-state index is 0.106. The predicted octanol–water partition coefficient (Wildman–Crippen LogP) is 24.3. The van der Waals surface area contributed by atoms with E-state index in [0.717, 1.165) is 102 Å². The Morgan fingerprint density at radius 3 is 0.760 bits per heavy atom. The molecule has 0 aliphatic heterocycles. The van der Waals surface area contributed by atoms with Crippen LogP contribution >= 0.6 is 15.6 Å². The largest absolute Gasteiger partial charge is 0.472 e. The second-order valence-corrected chi connectivity index (χ2v) is 32.8. The highest BCUT2D eigenvalue weighted by Gasteiger charge is 2.30. The first kappa shape index (κ1) is 98.1. The van der Waals surface area contributed by atoms with Crippen LogP contribution < -0.4 is 0 Å². The molecule has 3 N–H and O–H groups in total. The third kappa shape index (κ3) is 73.0. The number of rotatable bonds is 80. The van der Waals surface area contributed by atoms with Gasteiger partial charge in [0.15, 0.2) is 12.2 Å². The molecule has 0 aromatic carbocycles. The fraction of sp³-hybridized carbons (Fsp3) is 0.951. The van der Waals surface area contributed by atoms with E-state index in [0.29, 0.717) is 25.7 Å². The molecule has 6 atom stereocenters. The second kappa shape index (κ2) is 72.6. The molecule has 0 saturated heterocycles. The van der Waals surface area contributed by atoms with Gasteiger partial charge in [0.25, 0.3) is 0 Å². The van der Waals surface area contributed by atoms with Crippen LogP contribution in [0.15, 0.2) is 0 Å². The van der Waals surface area contributed by atoms with Gasteiger partial charge >= 0.3 is 39.5 Å². The summed E-state index contributed by atoms with van der Waals surface area (Å²) in [5, 5.41) is 10.6. The molecular formula is C81H158O17P2. The molecule has 0 rings (SSSR count). The zero-order valence-electron chi connectivity index (χ0n) is 65.5. The fourth-order valence-electron chi connectivity index (χ4n) is 12.5. The maximum absolute atomic E-state index is 13.1. The van der Waals surface area contributed by atoms with Gasteiger partial charge < -0.3 is 33.8 Å². The second-order valence-electron chi connectivity index (χ2n) is 29.9. The Balaban J connectivity index is 5.22. The molecule has 0 radical (unpaired) electrons. The Bertz CT molecular complexity index is 1930. The van der Waals surface area contributed by atoms with E-state index in [9.17, 15) is 43.2 Å². The van der Waals surface area contributed by atoms with Crippen LogP contribution in [0.4, 0.5) is 0 Å². The standard InChI is InChI=1S/C81H158O17P2/c1-7-10-12-14-16-18-20-21-22-23-24-25-26-27-32-35-41-47-53-59-65-80(85)97-76(70-92-79(84)64-58-52-46-40-34-31-29-28-30-33-38-44-50-56-62-74(6)9-3)71-95-99(87,88)93-67-75(82)68-94-100(89,90)96-72-77(69-91-78(83)63-57-51-45-39-19-17-15-13-11-8-2)98-81(86)66-60-54-48-42-36-37-43-49-55-61-73(4)5/h73-77,82H,7-72H2,1-6H3,(H,87,88)(H,89,90)/t74?,75-,76-,77-/m1/s1. The fourth-order valence-corrected chi connectivity index (χ4v) is 14.1. The number of ether oxygens (including phenoxy) is 4. The maximum atomic E-state index is 13.1. The lowest BCUT2D eigenvalue weighted by atomic mass is 9.99. The molecule has 100 heavy (non-hydrogen) atoms. The summed E-state index contributed by atoms with van der Waals surface area (Å²) in [6.07, 6.45) is 62.4. The Morgan fingerprint density at radius 1 is 0.290 bits per heavy atom. The number of aliphatic hydroxyl groups excluding tert-OH is 1. The Labute approximate surface area is 613 Å². The van der Waals surface area contributed by atoms with Crippen molar-refractivity contribution in [2.24, 2.45) is 11.8 Å². The number of hydrogen-bond acceptors (Lipinski definition) is 15. The highest BCUT2D eigenvalue weighted by molar-refractivity contribution is 7.47. The molecule has 0 heterocycles. The average molecular weight is 1470 g/mol. The van der Waals surface area contributed by atoms with E-state index < -0.39 is 97.5 Å². The first-order valence-electron chi connectivity index (χ1n) is 42.0. The molecule has 0 amide bonds. The Hall–Kier alpha value is -1.94. The minimum Gasteiger partial charge on any atom is -0.462 e. The SMILES string of the molecule is CCCCCCCCCCCCCCCCCCCCCCC(=O)O[C@H](COC(=O)CCCCCCCCCCCCCCCCC(C)CC)COP(=O)(O)OC[C@@H](O)COP(=O)(O)OC[C@@H](COC(=O)CCCCCCCCCCCC)OC(=O)CCCCCCCCCCCC(C)C. The molecular weight excluding hydrogens is 1310 g/mol. The molecule has 0 aliphatic carbocycles. The number of carbonyl (C=O) groups is 4. The van der Waals surface area contributed by atoms with Crippen LogP contribution in [0.3, 0.4) is 0 Å². The number of aliphatic hydroxyl groups is 1. The first-order valence-corrected chi connectivity index (χ1v) is 45.0. The van der Waals surface area contributed by atoms with E-state index in [1.165, 1.54) is 244 Å². The molecule has 0 saturated carbocycles. The highest BCUT2D eigenvalue weighted by atomic mass is 31.2. The number of esters is 4. The van der Waals surface area contributed by atoms with E-state index in [1.807, 2.05) is 0 Å². The van der Waals surface area contributed by atoms with Crippen LogP contribution in [-0.2, 0) is 65.4 Å². The van der Waals surface area contributed by atoms with Gasteiger partial charge in [-0.15, -0.1) is 0 Å². The van der Waals surface area contributed by atoms with Gasteiger partial charge in [-0.1, -0.05) is 375 Å². The molecule has 0 spiro atoms. The maximum Gasteiger partial charge on any atom is 0.472 e. The monoisotopic (exact) mass is 1470 g/mol. The predicted molar refractivity (Wildman–Crippen MR) is 409 cm³/mol. The average Bonchev–Trinajstić information content (AvgIpc) is 0.943. The lowest BCUT2D eigenvalue weighted by Gasteiger charge is -2.21. The van der Waals surface area contributed by atoms with Crippen molar-refractivity contribution in [1.82, 2.24) is 0 Å². The third-order valence-electron chi connectivity index (χ3n) is 19.3. The van der Waals surface area contributed by atoms with Crippen molar-refractivity contribution in [2.75, 3.05) is 39.6 Å². The summed E-state index contributed by atoms with van der Waals surface area (Å²) in [4.78, 5) is 73.0. The van der Waals surface area contributed by atoms with Crippen LogP contribution in [0.1, 0.15) is 427 Å². The number of hydrogen-bond donors (Lipinski definition) is 3. The molecule has 19 heteroatoms. The van der Waals surface area contributed by atoms with E-state index in [-0.39, 0.29) is 25.7 Å². The summed E-state index contributed by atoms with van der Waals surface area (Å²) in [7, 11) is -9.92. The van der Waals surface area contributed by atoms with Crippen LogP contribution in [0.5, 0.6) is 0 Å². The number of phosphoric acid groups is 2. The molecule has 3 unspecified atom stereocenters. The van der Waals surface area contributed by atoms with Crippen molar-refractivity contribution in [3.63, 3.8) is 0 Å². The van der Waals surface area contributed by atoms with E-state index >= 15 is 0 Å². The third-order valence-corrected chi connectivity index (χ3v) is 21.2. The van der Waals surface area contributed by atoms with E-state index in [1.54, 1.807) is 0 Å². The first-order chi connectivity index (χ1) is 48.4. The van der Waals surface area contributed by atoms with Gasteiger partial charge in [0.2, 0.25) is 0 Å². The summed E-state index contributed by atoms with van der Waals surface area (Å²) >= 11 is 0. The molecule has 0 bridgehead atoms. The number of unbranched alkanes of at least 4 members (excludes halogenated alkanes) is 49. The van der Waals surface area contributed by atoms with Crippen molar-refractivity contribution in [2.45, 2.75) is 445 Å². The summed E-state index contributed by atoms with van der Waals surface area (Å²) in [6.45, 7) is 9.65. The molecule has 0 aliphatic rings. The van der Waals surface area contributed by atoms with E-state index in [4.69, 9.17) is 37.0 Å². The molecule has 594 valence electrons. The zero-order chi connectivity index (χ0) is 73.5. The number of carbonyl (C=O) groups excluding carboxylic acids is 4. The summed E-state index contributed by atoms with van der Waals surface area (Å²) < 4.78 is 68.7. The molecule has 0 fully saturated rings. The summed E-state index contributed by atoms with van der Waals surface area (Å²) in [5.41, 5.74) is 0. The summed E-state index contributed by atoms with van der Waals surface area (Å²) in [6, 6.07) is 0. The topological polar surface area (TPSA) is 237 Å². The lowest BCUT2D eigenvalue weighted by Crippen LogP contribution is -2.30. The number of phosphoric ester groups is 2. The van der Waals surface area contributed by atoms with Crippen LogP contribution in [0, 0.1) is 11.8 Å². The molecule has 0 aromatic rings. The van der Waals surface area contributed by atoms with Gasteiger partial charge in [0, 0.05) is 25.7 Å². The van der Waals surface area contributed by atoms with Crippen molar-refractivity contribution in [3.05, 3.63) is 0 Å². The van der Waals surface area contributed by atoms with Gasteiger partial charge in [0.05, 0.1) is 26.4 Å². The van der Waals surface area contributed by atoms with Gasteiger partial charge in [0.1, 0.15) is 19.3 Å². The normalized spacial score (nSPS) is 14.2. The van der Waals surface area contributed by atoms with Gasteiger partial charge in [-0.25, -0.2) is 9.13 Å². The quantitative estimate of drug-likeness (QED) is 0.0222. The summed E-state index contributed by atoms with van der Waals surface area (Å²) in [5.74, 6) is -0.523. The van der Waals surface area contributed by atoms with Crippen molar-refractivity contribution >= 4 is 39.5 Å². The van der Waals surface area contributed by atoms with E-state index in [2.05, 4.69) is 41.5 Å². The van der Waals surface area contributed by atoms with Crippen molar-refractivity contribution < 1.29 is 80.2 Å². The van der Waals surface area contributed by atoms with Crippen molar-refractivity contribution in [1.29, 1.82) is 0 Å². The van der Waals surface area contributed by atoms with Crippen molar-refractivity contribution in [3.8, 4) is 0 Å². The zero-order valence-corrected chi connectivity index (χ0v) is 67.3. The molecule has 17 nitrogen and oxygen atoms in total. The van der Waals surface area contributed by atoms with Gasteiger partial charge in [-0.3, -0.25) is 37.3 Å². The molecule has 0 aromatic heterocycles. The lowest BCUT2D eigenvalue weighted by molar-refractivity contribution is -0.161. The Morgan fingerprint density at radius 2 is 0.510 bits per heavy atom. The van der Waals surface area contributed by atoms with Gasteiger partial charge in [-0.05, 0) is 37.5 Å². The van der Waals surface area contributed by atoms with Gasteiger partial charge in [-0.2, -0.15) is 0 Å². The van der Waals surface area contributed by atoms with Crippen LogP contribution in [0.25, 0.3) is 0 Å². The highest BCUT2D eigenvalue weighted by Crippen LogP contribution is 2.45. The smallest absolute Gasteiger partial charge is 0.462 e. The minimum atomic E-state index is -4.96.